The fraction of sp³-hybridized carbons (Fsp3) is 0.278. The molecule has 1 aliphatic rings. The van der Waals surface area contributed by atoms with Crippen molar-refractivity contribution >= 4 is 50.5 Å². The van der Waals surface area contributed by atoms with Gasteiger partial charge in [0.25, 0.3) is 0 Å². The topological polar surface area (TPSA) is 87.7 Å². The van der Waals surface area contributed by atoms with Gasteiger partial charge in [-0.15, -0.1) is 0 Å². The van der Waals surface area contributed by atoms with Crippen LogP contribution in [0.1, 0.15) is 0 Å². The van der Waals surface area contributed by atoms with Gasteiger partial charge in [-0.1, -0.05) is 29.3 Å². The molecule has 3 rings (SSSR count). The predicted molar refractivity (Wildman–Crippen MR) is 110 cm³/mol. The van der Waals surface area contributed by atoms with E-state index in [1.165, 1.54) is 16.4 Å². The number of carbonyl (C=O) groups is 1. The molecule has 1 aliphatic heterocycles. The van der Waals surface area contributed by atoms with Gasteiger partial charge in [-0.05, 0) is 36.4 Å². The van der Waals surface area contributed by atoms with Gasteiger partial charge in [0.1, 0.15) is 0 Å². The minimum Gasteiger partial charge on any atom is -0.379 e. The Balaban J connectivity index is 1.59. The Kier molecular flexibility index (Phi) is 6.79. The SMILES string of the molecule is O=C(CNc1cccc(Cl)c1Cl)Nc1ccc(S(=O)(=O)N2CCOCC2)cc1. The lowest BCUT2D eigenvalue weighted by Gasteiger charge is -2.26. The van der Waals surface area contributed by atoms with Gasteiger partial charge in [-0.3, -0.25) is 4.79 Å². The summed E-state index contributed by atoms with van der Waals surface area (Å²) in [5.41, 5.74) is 1.04. The minimum atomic E-state index is -3.56. The van der Waals surface area contributed by atoms with Gasteiger partial charge in [0.15, 0.2) is 0 Å². The van der Waals surface area contributed by atoms with Crippen molar-refractivity contribution in [2.75, 3.05) is 43.5 Å². The summed E-state index contributed by atoms with van der Waals surface area (Å²) >= 11 is 12.0. The Morgan fingerprint density at radius 1 is 1.07 bits per heavy atom. The number of carbonyl (C=O) groups excluding carboxylic acids is 1. The van der Waals surface area contributed by atoms with Gasteiger partial charge < -0.3 is 15.4 Å². The zero-order chi connectivity index (χ0) is 20.1. The quantitative estimate of drug-likeness (QED) is 0.715. The monoisotopic (exact) mass is 443 g/mol. The maximum atomic E-state index is 12.6. The van der Waals surface area contributed by atoms with Crippen molar-refractivity contribution < 1.29 is 17.9 Å². The Bertz CT molecular complexity index is 946. The van der Waals surface area contributed by atoms with Crippen LogP contribution < -0.4 is 10.6 Å². The summed E-state index contributed by atoms with van der Waals surface area (Å²) in [5.74, 6) is -0.306. The first-order valence-corrected chi connectivity index (χ1v) is 10.7. The third-order valence-electron chi connectivity index (χ3n) is 4.14. The lowest BCUT2D eigenvalue weighted by molar-refractivity contribution is -0.114. The average molecular weight is 444 g/mol. The van der Waals surface area contributed by atoms with Crippen molar-refractivity contribution in [3.8, 4) is 0 Å². The maximum absolute atomic E-state index is 12.6. The summed E-state index contributed by atoms with van der Waals surface area (Å²) in [7, 11) is -3.56. The number of anilines is 2. The number of hydrogen-bond donors (Lipinski definition) is 2. The molecule has 0 spiro atoms. The highest BCUT2D eigenvalue weighted by Gasteiger charge is 2.26. The minimum absolute atomic E-state index is 0.0200. The van der Waals surface area contributed by atoms with E-state index in [0.717, 1.165) is 0 Å². The molecule has 7 nitrogen and oxygen atoms in total. The van der Waals surface area contributed by atoms with E-state index in [1.54, 1.807) is 30.3 Å². The van der Waals surface area contributed by atoms with E-state index in [0.29, 0.717) is 47.7 Å². The largest absolute Gasteiger partial charge is 0.379 e. The summed E-state index contributed by atoms with van der Waals surface area (Å²) in [5, 5.41) is 6.34. The first kappa shape index (κ1) is 20.9. The number of hydrogen-bond acceptors (Lipinski definition) is 5. The fourth-order valence-corrected chi connectivity index (χ4v) is 4.44. The summed E-state index contributed by atoms with van der Waals surface area (Å²) in [6, 6.07) is 11.1. The van der Waals surface area contributed by atoms with Crippen LogP contribution in [0.15, 0.2) is 47.4 Å². The highest BCUT2D eigenvalue weighted by molar-refractivity contribution is 7.89. The van der Waals surface area contributed by atoms with Crippen LogP contribution in [0.3, 0.4) is 0 Å². The number of halogens is 2. The van der Waals surface area contributed by atoms with Gasteiger partial charge in [0, 0.05) is 18.8 Å². The van der Waals surface area contributed by atoms with Crippen molar-refractivity contribution in [1.29, 1.82) is 0 Å². The number of amides is 1. The standard InChI is InChI=1S/C18H19Cl2N3O4S/c19-15-2-1-3-16(18(15)20)21-12-17(24)22-13-4-6-14(7-5-13)28(25,26)23-8-10-27-11-9-23/h1-7,21H,8-12H2,(H,22,24). The first-order valence-electron chi connectivity index (χ1n) is 8.53. The van der Waals surface area contributed by atoms with E-state index in [1.807, 2.05) is 0 Å². The Hall–Kier alpha value is -1.84. The number of morpholine rings is 1. The zero-order valence-electron chi connectivity index (χ0n) is 14.8. The summed E-state index contributed by atoms with van der Waals surface area (Å²) in [6.07, 6.45) is 0. The third kappa shape index (κ3) is 4.95. The van der Waals surface area contributed by atoms with Crippen molar-refractivity contribution in [2.24, 2.45) is 0 Å². The Morgan fingerprint density at radius 3 is 2.43 bits per heavy atom. The van der Waals surface area contributed by atoms with Gasteiger partial charge in [-0.2, -0.15) is 4.31 Å². The molecule has 0 unspecified atom stereocenters. The van der Waals surface area contributed by atoms with Crippen molar-refractivity contribution in [1.82, 2.24) is 4.31 Å². The van der Waals surface area contributed by atoms with E-state index in [-0.39, 0.29) is 17.3 Å². The number of nitrogens with zero attached hydrogens (tertiary/aromatic N) is 1. The molecule has 10 heteroatoms. The Labute approximate surface area is 173 Å². The second kappa shape index (κ2) is 9.11. The molecular formula is C18H19Cl2N3O4S. The van der Waals surface area contributed by atoms with Crippen LogP contribution in [0.2, 0.25) is 10.0 Å². The molecule has 1 saturated heterocycles. The number of rotatable bonds is 6. The van der Waals surface area contributed by atoms with Crippen LogP contribution in [0.25, 0.3) is 0 Å². The molecule has 1 amide bonds. The fourth-order valence-electron chi connectivity index (χ4n) is 2.67. The van der Waals surface area contributed by atoms with Gasteiger partial charge in [-0.25, -0.2) is 8.42 Å². The van der Waals surface area contributed by atoms with Crippen LogP contribution in [0.4, 0.5) is 11.4 Å². The summed E-state index contributed by atoms with van der Waals surface area (Å²) in [6.45, 7) is 1.42. The smallest absolute Gasteiger partial charge is 0.243 e. The molecule has 0 aromatic heterocycles. The molecule has 0 aliphatic carbocycles. The summed E-state index contributed by atoms with van der Waals surface area (Å²) in [4.78, 5) is 12.3. The van der Waals surface area contributed by atoms with Crippen molar-refractivity contribution in [3.05, 3.63) is 52.5 Å². The molecule has 0 atom stereocenters. The molecule has 0 bridgehead atoms. The second-order valence-corrected chi connectivity index (χ2v) is 8.77. The van der Waals surface area contributed by atoms with E-state index in [4.69, 9.17) is 27.9 Å². The molecule has 28 heavy (non-hydrogen) atoms. The van der Waals surface area contributed by atoms with Gasteiger partial charge in [0.2, 0.25) is 15.9 Å². The van der Waals surface area contributed by atoms with Crippen molar-refractivity contribution in [3.63, 3.8) is 0 Å². The van der Waals surface area contributed by atoms with Crippen LogP contribution in [-0.4, -0.2) is 51.5 Å². The van der Waals surface area contributed by atoms with E-state index in [2.05, 4.69) is 10.6 Å². The number of ether oxygens (including phenoxy) is 1. The predicted octanol–water partition coefficient (Wildman–Crippen LogP) is 3.06. The third-order valence-corrected chi connectivity index (χ3v) is 6.87. The number of nitrogens with one attached hydrogen (secondary N) is 2. The summed E-state index contributed by atoms with van der Waals surface area (Å²) < 4.78 is 31.8. The van der Waals surface area contributed by atoms with Gasteiger partial charge >= 0.3 is 0 Å². The lowest BCUT2D eigenvalue weighted by Crippen LogP contribution is -2.40. The molecule has 1 fully saturated rings. The highest BCUT2D eigenvalue weighted by Crippen LogP contribution is 2.29. The van der Waals surface area contributed by atoms with E-state index in [9.17, 15) is 13.2 Å². The molecule has 150 valence electrons. The molecule has 0 saturated carbocycles. The lowest BCUT2D eigenvalue weighted by atomic mass is 10.3. The Morgan fingerprint density at radius 2 is 1.75 bits per heavy atom. The normalized spacial score (nSPS) is 15.2. The van der Waals surface area contributed by atoms with Crippen LogP contribution in [-0.2, 0) is 19.6 Å². The number of benzene rings is 2. The van der Waals surface area contributed by atoms with E-state index >= 15 is 0 Å². The molecular weight excluding hydrogens is 425 g/mol. The maximum Gasteiger partial charge on any atom is 0.243 e. The first-order chi connectivity index (χ1) is 13.4. The molecule has 2 N–H and O–H groups in total. The van der Waals surface area contributed by atoms with Crippen LogP contribution >= 0.6 is 23.2 Å². The number of sulfonamides is 1. The molecule has 0 radical (unpaired) electrons. The molecule has 2 aromatic rings. The highest BCUT2D eigenvalue weighted by atomic mass is 35.5. The van der Waals surface area contributed by atoms with Crippen molar-refractivity contribution in [2.45, 2.75) is 4.90 Å². The second-order valence-electron chi connectivity index (χ2n) is 6.04. The van der Waals surface area contributed by atoms with Crippen LogP contribution in [0, 0.1) is 0 Å². The molecule has 2 aromatic carbocycles. The van der Waals surface area contributed by atoms with Gasteiger partial charge in [0.05, 0.1) is 40.4 Å². The zero-order valence-corrected chi connectivity index (χ0v) is 17.1. The van der Waals surface area contributed by atoms with Crippen LogP contribution in [0.5, 0.6) is 0 Å². The van der Waals surface area contributed by atoms with E-state index < -0.39 is 10.0 Å². The average Bonchev–Trinajstić information content (AvgIpc) is 2.70. The molecule has 1 heterocycles.